The monoisotopic (exact) mass is 165 g/mol. The maximum absolute atomic E-state index is 3.70. The summed E-state index contributed by atoms with van der Waals surface area (Å²) in [4.78, 5) is 0. The van der Waals surface area contributed by atoms with Crippen LogP contribution in [0.4, 0.5) is 0 Å². The molecule has 1 heteroatoms. The van der Waals surface area contributed by atoms with Crippen LogP contribution in [-0.4, -0.2) is 6.54 Å². The molecule has 0 aliphatic heterocycles. The molecule has 0 aromatic heterocycles. The van der Waals surface area contributed by atoms with E-state index in [1.54, 1.807) is 0 Å². The summed E-state index contributed by atoms with van der Waals surface area (Å²) in [6, 6.07) is 0. The van der Waals surface area contributed by atoms with E-state index in [1.807, 2.05) is 19.9 Å². The van der Waals surface area contributed by atoms with Gasteiger partial charge in [-0.3, -0.25) is 0 Å². The highest BCUT2D eigenvalue weighted by molar-refractivity contribution is 5.26. The van der Waals surface area contributed by atoms with E-state index < -0.39 is 0 Å². The molecule has 1 nitrogen and oxygen atoms in total. The highest BCUT2D eigenvalue weighted by Crippen LogP contribution is 1.99. The van der Waals surface area contributed by atoms with E-state index in [9.17, 15) is 0 Å². The molecule has 0 fully saturated rings. The topological polar surface area (TPSA) is 12.0 Å². The lowest BCUT2D eigenvalue weighted by molar-refractivity contribution is 0.782. The summed E-state index contributed by atoms with van der Waals surface area (Å²) in [5, 5.41) is 3.32. The Morgan fingerprint density at radius 1 is 1.50 bits per heavy atom. The van der Waals surface area contributed by atoms with E-state index in [0.29, 0.717) is 0 Å². The molecule has 1 N–H and O–H groups in total. The summed E-state index contributed by atoms with van der Waals surface area (Å²) in [5.74, 6) is 0. The van der Waals surface area contributed by atoms with E-state index in [4.69, 9.17) is 0 Å². The zero-order valence-electron chi connectivity index (χ0n) is 8.35. The molecule has 0 aromatic rings. The van der Waals surface area contributed by atoms with Crippen molar-refractivity contribution in [1.29, 1.82) is 0 Å². The SMILES string of the molecule is C=C/C(C)=C\C(=C/C)NCCC. The lowest BCUT2D eigenvalue weighted by Crippen LogP contribution is -2.12. The second-order valence-corrected chi connectivity index (χ2v) is 2.76. The summed E-state index contributed by atoms with van der Waals surface area (Å²) in [6.07, 6.45) is 7.18. The Bertz CT molecular complexity index is 187. The molecule has 0 saturated heterocycles. The van der Waals surface area contributed by atoms with Crippen LogP contribution >= 0.6 is 0 Å². The number of nitrogens with one attached hydrogen (secondary N) is 1. The summed E-state index contributed by atoms with van der Waals surface area (Å²) in [6.45, 7) is 11.0. The minimum Gasteiger partial charge on any atom is -0.385 e. The minimum absolute atomic E-state index is 1.03. The van der Waals surface area contributed by atoms with Crippen LogP contribution in [0.1, 0.15) is 27.2 Å². The second-order valence-electron chi connectivity index (χ2n) is 2.76. The van der Waals surface area contributed by atoms with Crippen molar-refractivity contribution in [1.82, 2.24) is 5.32 Å². The van der Waals surface area contributed by atoms with Gasteiger partial charge in [0.15, 0.2) is 0 Å². The van der Waals surface area contributed by atoms with Gasteiger partial charge in [0, 0.05) is 12.2 Å². The first-order valence-electron chi connectivity index (χ1n) is 4.45. The zero-order chi connectivity index (χ0) is 9.40. The van der Waals surface area contributed by atoms with E-state index >= 15 is 0 Å². The van der Waals surface area contributed by atoms with Crippen LogP contribution in [0.2, 0.25) is 0 Å². The molecule has 0 aliphatic carbocycles. The molecule has 0 rings (SSSR count). The van der Waals surface area contributed by atoms with Crippen molar-refractivity contribution < 1.29 is 0 Å². The smallest absolute Gasteiger partial charge is 0.0299 e. The summed E-state index contributed by atoms with van der Waals surface area (Å²) < 4.78 is 0. The lowest BCUT2D eigenvalue weighted by Gasteiger charge is -2.05. The first-order chi connectivity index (χ1) is 5.74. The fourth-order valence-electron chi connectivity index (χ4n) is 0.810. The van der Waals surface area contributed by atoms with Crippen LogP contribution in [-0.2, 0) is 0 Å². The van der Waals surface area contributed by atoms with Gasteiger partial charge >= 0.3 is 0 Å². The van der Waals surface area contributed by atoms with Crippen LogP contribution in [0.25, 0.3) is 0 Å². The Labute approximate surface area is 75.9 Å². The predicted molar refractivity (Wildman–Crippen MR) is 56.0 cm³/mol. The molecule has 0 aromatic carbocycles. The highest BCUT2D eigenvalue weighted by Gasteiger charge is 1.88. The molecule has 0 aliphatic rings. The number of hydrogen-bond donors (Lipinski definition) is 1. The van der Waals surface area contributed by atoms with Crippen molar-refractivity contribution in [3.63, 3.8) is 0 Å². The third-order valence-electron chi connectivity index (χ3n) is 1.60. The summed E-state index contributed by atoms with van der Waals surface area (Å²) >= 11 is 0. The standard InChI is InChI=1S/C11H19N/c1-5-8-12-11(7-3)9-10(4)6-2/h6-7,9,12H,2,5,8H2,1,3-4H3/b10-9-,11-7+. The second kappa shape index (κ2) is 6.71. The molecular weight excluding hydrogens is 146 g/mol. The Kier molecular flexibility index (Phi) is 6.16. The number of allylic oxidation sites excluding steroid dienone is 4. The molecule has 0 atom stereocenters. The van der Waals surface area contributed by atoms with Gasteiger partial charge in [0.05, 0.1) is 0 Å². The van der Waals surface area contributed by atoms with Crippen LogP contribution in [0.15, 0.2) is 36.1 Å². The van der Waals surface area contributed by atoms with Crippen molar-refractivity contribution in [2.45, 2.75) is 27.2 Å². The normalized spacial score (nSPS) is 12.9. The molecule has 0 spiro atoms. The third kappa shape index (κ3) is 4.78. The van der Waals surface area contributed by atoms with E-state index in [0.717, 1.165) is 13.0 Å². The van der Waals surface area contributed by atoms with Gasteiger partial charge in [-0.2, -0.15) is 0 Å². The fourth-order valence-corrected chi connectivity index (χ4v) is 0.810. The molecule has 12 heavy (non-hydrogen) atoms. The lowest BCUT2D eigenvalue weighted by atomic mass is 10.2. The average Bonchev–Trinajstić information content (AvgIpc) is 2.11. The molecule has 0 radical (unpaired) electrons. The van der Waals surface area contributed by atoms with Crippen LogP contribution in [0.5, 0.6) is 0 Å². The Morgan fingerprint density at radius 2 is 2.17 bits per heavy atom. The molecule has 0 bridgehead atoms. The third-order valence-corrected chi connectivity index (χ3v) is 1.60. The first-order valence-corrected chi connectivity index (χ1v) is 4.45. The summed E-state index contributed by atoms with van der Waals surface area (Å²) in [5.41, 5.74) is 2.36. The van der Waals surface area contributed by atoms with Crippen molar-refractivity contribution in [2.24, 2.45) is 0 Å². The van der Waals surface area contributed by atoms with Crippen molar-refractivity contribution in [3.8, 4) is 0 Å². The Hall–Kier alpha value is -0.980. The molecule has 0 unspecified atom stereocenters. The maximum atomic E-state index is 3.70. The molecule has 0 saturated carbocycles. The van der Waals surface area contributed by atoms with Crippen molar-refractivity contribution >= 4 is 0 Å². The fraction of sp³-hybridized carbons (Fsp3) is 0.455. The highest BCUT2D eigenvalue weighted by atomic mass is 14.9. The van der Waals surface area contributed by atoms with Crippen LogP contribution < -0.4 is 5.32 Å². The summed E-state index contributed by atoms with van der Waals surface area (Å²) in [7, 11) is 0. The van der Waals surface area contributed by atoms with E-state index in [-0.39, 0.29) is 0 Å². The Morgan fingerprint density at radius 3 is 2.58 bits per heavy atom. The van der Waals surface area contributed by atoms with Gasteiger partial charge in [-0.05, 0) is 31.9 Å². The minimum atomic E-state index is 1.03. The van der Waals surface area contributed by atoms with Gasteiger partial charge in [0.25, 0.3) is 0 Å². The zero-order valence-corrected chi connectivity index (χ0v) is 8.35. The van der Waals surface area contributed by atoms with Crippen LogP contribution in [0, 0.1) is 0 Å². The number of hydrogen-bond acceptors (Lipinski definition) is 1. The molecule has 0 heterocycles. The van der Waals surface area contributed by atoms with Crippen molar-refractivity contribution in [3.05, 3.63) is 36.1 Å². The van der Waals surface area contributed by atoms with E-state index in [1.165, 1.54) is 11.3 Å². The van der Waals surface area contributed by atoms with Crippen molar-refractivity contribution in [2.75, 3.05) is 6.54 Å². The van der Waals surface area contributed by atoms with Crippen LogP contribution in [0.3, 0.4) is 0 Å². The Balaban J connectivity index is 4.09. The maximum Gasteiger partial charge on any atom is 0.0299 e. The molecule has 0 amide bonds. The van der Waals surface area contributed by atoms with Gasteiger partial charge in [0.1, 0.15) is 0 Å². The van der Waals surface area contributed by atoms with Gasteiger partial charge in [-0.15, -0.1) is 0 Å². The largest absolute Gasteiger partial charge is 0.385 e. The van der Waals surface area contributed by atoms with Gasteiger partial charge in [-0.25, -0.2) is 0 Å². The predicted octanol–water partition coefficient (Wildman–Crippen LogP) is 3.02. The van der Waals surface area contributed by atoms with Gasteiger partial charge in [-0.1, -0.05) is 25.7 Å². The number of rotatable bonds is 5. The molecule has 68 valence electrons. The molecular formula is C11H19N. The first kappa shape index (κ1) is 11.0. The quantitative estimate of drug-likeness (QED) is 0.617. The average molecular weight is 165 g/mol. The van der Waals surface area contributed by atoms with Gasteiger partial charge in [0.2, 0.25) is 0 Å². The van der Waals surface area contributed by atoms with E-state index in [2.05, 4.69) is 31.0 Å². The van der Waals surface area contributed by atoms with Gasteiger partial charge < -0.3 is 5.32 Å².